The molecular weight excluding hydrogens is 252 g/mol. The van der Waals surface area contributed by atoms with Gasteiger partial charge < -0.3 is 5.73 Å². The van der Waals surface area contributed by atoms with Crippen LogP contribution in [-0.2, 0) is 13.0 Å². The monoisotopic (exact) mass is 266 g/mol. The maximum atomic E-state index is 11.4. The molecule has 0 unspecified atom stereocenters. The van der Waals surface area contributed by atoms with Crippen molar-refractivity contribution in [2.75, 3.05) is 5.73 Å². The second kappa shape index (κ2) is 5.21. The Morgan fingerprint density at radius 1 is 1.44 bits per heavy atom. The number of H-pyrrole nitrogens is 1. The second-order valence-corrected chi connectivity index (χ2v) is 4.55. The van der Waals surface area contributed by atoms with Crippen molar-refractivity contribution in [3.05, 3.63) is 22.4 Å². The summed E-state index contributed by atoms with van der Waals surface area (Å²) in [6, 6.07) is 1.67. The van der Waals surface area contributed by atoms with Gasteiger partial charge in [0.15, 0.2) is 5.16 Å². The standard InChI is InChI=1S/C10H14N6OS/c1-3-7-12-6(11)5-8(13-7)18-10-15-14-9(17)16(10)4-2/h5H,3-4H2,1-2H3,(H,14,17)(H2,11,12,13). The van der Waals surface area contributed by atoms with Gasteiger partial charge in [0.2, 0.25) is 0 Å². The number of hydrogen-bond acceptors (Lipinski definition) is 6. The van der Waals surface area contributed by atoms with E-state index in [9.17, 15) is 4.79 Å². The number of nitrogen functional groups attached to an aromatic ring is 1. The maximum Gasteiger partial charge on any atom is 0.343 e. The van der Waals surface area contributed by atoms with E-state index in [0.717, 1.165) is 0 Å². The highest BCUT2D eigenvalue weighted by Crippen LogP contribution is 2.24. The van der Waals surface area contributed by atoms with Crippen molar-refractivity contribution >= 4 is 17.6 Å². The summed E-state index contributed by atoms with van der Waals surface area (Å²) < 4.78 is 1.54. The molecule has 0 amide bonds. The number of anilines is 1. The van der Waals surface area contributed by atoms with Crippen molar-refractivity contribution < 1.29 is 0 Å². The number of aromatic nitrogens is 5. The number of nitrogens with two attached hydrogens (primary N) is 1. The molecule has 0 saturated carbocycles. The first-order valence-corrected chi connectivity index (χ1v) is 6.42. The third-order valence-corrected chi connectivity index (χ3v) is 3.23. The molecule has 0 saturated heterocycles. The topological polar surface area (TPSA) is 102 Å². The van der Waals surface area contributed by atoms with Gasteiger partial charge in [-0.15, -0.1) is 5.10 Å². The van der Waals surface area contributed by atoms with Crippen molar-refractivity contribution in [2.24, 2.45) is 0 Å². The minimum Gasteiger partial charge on any atom is -0.384 e. The van der Waals surface area contributed by atoms with Crippen LogP contribution in [0.5, 0.6) is 0 Å². The molecule has 8 heteroatoms. The highest BCUT2D eigenvalue weighted by Gasteiger charge is 2.10. The fourth-order valence-corrected chi connectivity index (χ4v) is 2.39. The van der Waals surface area contributed by atoms with Gasteiger partial charge in [-0.3, -0.25) is 4.57 Å². The van der Waals surface area contributed by atoms with E-state index in [-0.39, 0.29) is 5.69 Å². The zero-order chi connectivity index (χ0) is 13.1. The Bertz CT molecular complexity index is 605. The summed E-state index contributed by atoms with van der Waals surface area (Å²) in [5, 5.41) is 7.63. The van der Waals surface area contributed by atoms with Crippen LogP contribution in [0.15, 0.2) is 21.0 Å². The Kier molecular flexibility index (Phi) is 3.66. The maximum absolute atomic E-state index is 11.4. The van der Waals surface area contributed by atoms with E-state index in [2.05, 4.69) is 20.2 Å². The summed E-state index contributed by atoms with van der Waals surface area (Å²) in [7, 11) is 0. The Balaban J connectivity index is 2.33. The molecular formula is C10H14N6OS. The van der Waals surface area contributed by atoms with Crippen LogP contribution < -0.4 is 11.4 Å². The molecule has 3 N–H and O–H groups in total. The van der Waals surface area contributed by atoms with Crippen LogP contribution in [-0.4, -0.2) is 24.7 Å². The smallest absolute Gasteiger partial charge is 0.343 e. The van der Waals surface area contributed by atoms with Crippen molar-refractivity contribution in [3.8, 4) is 0 Å². The number of rotatable bonds is 4. The third-order valence-electron chi connectivity index (χ3n) is 2.32. The van der Waals surface area contributed by atoms with Crippen LogP contribution in [0.2, 0.25) is 0 Å². The van der Waals surface area contributed by atoms with E-state index in [0.29, 0.717) is 34.8 Å². The van der Waals surface area contributed by atoms with E-state index < -0.39 is 0 Å². The zero-order valence-electron chi connectivity index (χ0n) is 10.2. The lowest BCUT2D eigenvalue weighted by Gasteiger charge is -2.04. The average molecular weight is 266 g/mol. The van der Waals surface area contributed by atoms with Gasteiger partial charge in [0.1, 0.15) is 16.7 Å². The fourth-order valence-electron chi connectivity index (χ4n) is 1.46. The van der Waals surface area contributed by atoms with Gasteiger partial charge in [-0.25, -0.2) is 19.9 Å². The number of hydrogen-bond donors (Lipinski definition) is 2. The largest absolute Gasteiger partial charge is 0.384 e. The predicted molar refractivity (Wildman–Crippen MR) is 68.5 cm³/mol. The molecule has 2 heterocycles. The molecule has 96 valence electrons. The van der Waals surface area contributed by atoms with Crippen LogP contribution >= 0.6 is 11.8 Å². The molecule has 0 fully saturated rings. The van der Waals surface area contributed by atoms with Crippen molar-refractivity contribution in [1.82, 2.24) is 24.7 Å². The summed E-state index contributed by atoms with van der Waals surface area (Å²) in [6.45, 7) is 4.39. The summed E-state index contributed by atoms with van der Waals surface area (Å²) in [5.74, 6) is 1.10. The van der Waals surface area contributed by atoms with E-state index >= 15 is 0 Å². The summed E-state index contributed by atoms with van der Waals surface area (Å²) in [5.41, 5.74) is 5.48. The number of nitrogens with one attached hydrogen (secondary N) is 1. The van der Waals surface area contributed by atoms with E-state index in [1.54, 1.807) is 6.07 Å². The SMILES string of the molecule is CCc1nc(N)cc(Sc2n[nH]c(=O)n2CC)n1. The highest BCUT2D eigenvalue weighted by atomic mass is 32.2. The lowest BCUT2D eigenvalue weighted by Crippen LogP contribution is -2.16. The lowest BCUT2D eigenvalue weighted by molar-refractivity contribution is 0.660. The van der Waals surface area contributed by atoms with Gasteiger partial charge in [0.05, 0.1) is 0 Å². The Morgan fingerprint density at radius 2 is 2.22 bits per heavy atom. The van der Waals surface area contributed by atoms with Gasteiger partial charge >= 0.3 is 5.69 Å². The van der Waals surface area contributed by atoms with Crippen LogP contribution in [0.3, 0.4) is 0 Å². The Morgan fingerprint density at radius 3 is 2.89 bits per heavy atom. The normalized spacial score (nSPS) is 10.8. The van der Waals surface area contributed by atoms with Gasteiger partial charge in [0, 0.05) is 19.0 Å². The van der Waals surface area contributed by atoms with Crippen molar-refractivity contribution in [1.29, 1.82) is 0 Å². The van der Waals surface area contributed by atoms with Crippen LogP contribution in [0, 0.1) is 0 Å². The molecule has 0 spiro atoms. The molecule has 0 aromatic carbocycles. The number of nitrogens with zero attached hydrogens (tertiary/aromatic N) is 4. The first-order valence-electron chi connectivity index (χ1n) is 5.60. The highest BCUT2D eigenvalue weighted by molar-refractivity contribution is 7.99. The van der Waals surface area contributed by atoms with Crippen molar-refractivity contribution in [2.45, 2.75) is 37.0 Å². The summed E-state index contributed by atoms with van der Waals surface area (Å²) >= 11 is 1.29. The van der Waals surface area contributed by atoms with Crippen LogP contribution in [0.4, 0.5) is 5.82 Å². The summed E-state index contributed by atoms with van der Waals surface area (Å²) in [6.07, 6.45) is 0.708. The molecule has 7 nitrogen and oxygen atoms in total. The predicted octanol–water partition coefficient (Wildman–Crippen LogP) is 0.677. The molecule has 0 aliphatic heterocycles. The molecule has 2 aromatic rings. The van der Waals surface area contributed by atoms with Gasteiger partial charge in [-0.1, -0.05) is 6.92 Å². The van der Waals surface area contributed by atoms with E-state index in [4.69, 9.17) is 5.73 Å². The van der Waals surface area contributed by atoms with Gasteiger partial charge in [0.25, 0.3) is 0 Å². The minimum atomic E-state index is -0.224. The summed E-state index contributed by atoms with van der Waals surface area (Å²) in [4.78, 5) is 19.9. The Hall–Kier alpha value is -1.83. The second-order valence-electron chi connectivity index (χ2n) is 3.56. The minimum absolute atomic E-state index is 0.224. The van der Waals surface area contributed by atoms with Gasteiger partial charge in [-0.05, 0) is 18.7 Å². The van der Waals surface area contributed by atoms with E-state index in [1.807, 2.05) is 13.8 Å². The molecule has 0 aliphatic carbocycles. The third kappa shape index (κ3) is 2.53. The first kappa shape index (κ1) is 12.6. The molecule has 18 heavy (non-hydrogen) atoms. The zero-order valence-corrected chi connectivity index (χ0v) is 11.0. The first-order chi connectivity index (χ1) is 8.63. The molecule has 0 aliphatic rings. The lowest BCUT2D eigenvalue weighted by atomic mass is 10.4. The van der Waals surface area contributed by atoms with Crippen LogP contribution in [0.25, 0.3) is 0 Å². The fraction of sp³-hybridized carbons (Fsp3) is 0.400. The number of aromatic amines is 1. The molecule has 0 atom stereocenters. The Labute approximate surface area is 108 Å². The van der Waals surface area contributed by atoms with Crippen molar-refractivity contribution in [3.63, 3.8) is 0 Å². The molecule has 0 radical (unpaired) electrons. The molecule has 2 rings (SSSR count). The van der Waals surface area contributed by atoms with Crippen LogP contribution in [0.1, 0.15) is 19.7 Å². The molecule has 2 aromatic heterocycles. The van der Waals surface area contributed by atoms with E-state index in [1.165, 1.54) is 16.3 Å². The number of aryl methyl sites for hydroxylation is 1. The van der Waals surface area contributed by atoms with Gasteiger partial charge in [-0.2, -0.15) is 0 Å². The quantitative estimate of drug-likeness (QED) is 0.789. The average Bonchev–Trinajstić information content (AvgIpc) is 2.69. The molecule has 0 bridgehead atoms.